The normalized spacial score (nSPS) is 23.7. The number of amides is 1. The molecule has 0 saturated carbocycles. The number of nitrogens with zero attached hydrogens (tertiary/aromatic N) is 3. The Kier molecular flexibility index (Phi) is 5.75. The van der Waals surface area contributed by atoms with Crippen LogP contribution in [-0.2, 0) is 11.2 Å². The Hall–Kier alpha value is -2.51. The first-order chi connectivity index (χ1) is 14.9. The molecule has 1 aromatic heterocycles. The van der Waals surface area contributed by atoms with E-state index in [1.165, 1.54) is 0 Å². The molecule has 5 nitrogen and oxygen atoms in total. The summed E-state index contributed by atoms with van der Waals surface area (Å²) in [6, 6.07) is 7.68. The zero-order valence-electron chi connectivity index (χ0n) is 19.0. The zero-order chi connectivity index (χ0) is 23.3. The molecule has 0 radical (unpaired) electrons. The number of hydrogen-bond donors (Lipinski definition) is 1. The number of likely N-dealkylation sites (tertiary alicyclic amines) is 1. The fourth-order valence-corrected chi connectivity index (χ4v) is 4.70. The van der Waals surface area contributed by atoms with Crippen molar-refractivity contribution in [3.8, 4) is 0 Å². The van der Waals surface area contributed by atoms with Gasteiger partial charge in [0.2, 0.25) is 5.91 Å². The highest BCUT2D eigenvalue weighted by molar-refractivity contribution is 5.79. The molecule has 2 aliphatic rings. The summed E-state index contributed by atoms with van der Waals surface area (Å²) in [6.07, 6.45) is -3.38. The van der Waals surface area contributed by atoms with Crippen LogP contribution in [0.4, 0.5) is 19.0 Å². The third-order valence-corrected chi connectivity index (χ3v) is 6.65. The Bertz CT molecular complexity index is 992. The maximum atomic E-state index is 13.8. The molecule has 0 unspecified atom stereocenters. The van der Waals surface area contributed by atoms with E-state index in [0.29, 0.717) is 37.4 Å². The van der Waals surface area contributed by atoms with Crippen LogP contribution < -0.4 is 5.32 Å². The van der Waals surface area contributed by atoms with Gasteiger partial charge < -0.3 is 10.2 Å². The number of anilines is 1. The summed E-state index contributed by atoms with van der Waals surface area (Å²) < 4.78 is 42.6. The number of nitrogens with one attached hydrogen (secondary N) is 1. The summed E-state index contributed by atoms with van der Waals surface area (Å²) in [4.78, 5) is 14.6. The highest BCUT2D eigenvalue weighted by atomic mass is 19.4. The summed E-state index contributed by atoms with van der Waals surface area (Å²) >= 11 is 0. The number of fused-ring (bicyclic) bond motifs is 1. The van der Waals surface area contributed by atoms with Crippen LogP contribution in [-0.4, -0.2) is 45.9 Å². The molecule has 1 fully saturated rings. The molecule has 1 amide bonds. The molecule has 1 saturated heterocycles. The molecule has 1 aromatic carbocycles. The smallest absolute Gasteiger partial charge is 0.367 e. The van der Waals surface area contributed by atoms with Gasteiger partial charge in [0, 0.05) is 31.1 Å². The SMILES string of the molecule is Cc1cccc(CC(=O)N2CC[C@H](c3cc4n(n3)[C@H](C(F)(F)F)C[C@@H](C(C)(C)C)N4)C2)c1. The van der Waals surface area contributed by atoms with Crippen molar-refractivity contribution in [2.45, 2.75) is 71.1 Å². The Morgan fingerprint density at radius 3 is 2.62 bits per heavy atom. The van der Waals surface area contributed by atoms with Crippen LogP contribution in [0.15, 0.2) is 30.3 Å². The number of rotatable bonds is 3. The molecule has 0 aliphatic carbocycles. The van der Waals surface area contributed by atoms with Crippen molar-refractivity contribution in [3.05, 3.63) is 47.2 Å². The quantitative estimate of drug-likeness (QED) is 0.712. The number of alkyl halides is 3. The summed E-state index contributed by atoms with van der Waals surface area (Å²) in [5.41, 5.74) is 2.40. The Morgan fingerprint density at radius 1 is 1.22 bits per heavy atom. The minimum atomic E-state index is -4.37. The molecule has 0 bridgehead atoms. The summed E-state index contributed by atoms with van der Waals surface area (Å²) in [7, 11) is 0. The summed E-state index contributed by atoms with van der Waals surface area (Å²) in [5, 5.41) is 7.66. The average Bonchev–Trinajstić information content (AvgIpc) is 3.32. The number of hydrogen-bond acceptors (Lipinski definition) is 3. The van der Waals surface area contributed by atoms with Crippen LogP contribution in [0, 0.1) is 12.3 Å². The molecule has 3 atom stereocenters. The van der Waals surface area contributed by atoms with Gasteiger partial charge in [-0.25, -0.2) is 4.68 Å². The second-order valence-corrected chi connectivity index (χ2v) is 10.2. The van der Waals surface area contributed by atoms with Crippen LogP contribution in [0.1, 0.15) is 62.4 Å². The molecule has 1 N–H and O–H groups in total. The second-order valence-electron chi connectivity index (χ2n) is 10.2. The van der Waals surface area contributed by atoms with Gasteiger partial charge in [0.25, 0.3) is 0 Å². The fraction of sp³-hybridized carbons (Fsp3) is 0.583. The molecule has 2 aliphatic heterocycles. The number of benzene rings is 1. The molecular weight excluding hydrogens is 417 g/mol. The molecule has 0 spiro atoms. The summed E-state index contributed by atoms with van der Waals surface area (Å²) in [6.45, 7) is 8.91. The third-order valence-electron chi connectivity index (χ3n) is 6.65. The van der Waals surface area contributed by atoms with Gasteiger partial charge in [-0.3, -0.25) is 4.79 Å². The lowest BCUT2D eigenvalue weighted by atomic mass is 9.82. The highest BCUT2D eigenvalue weighted by Gasteiger charge is 2.48. The minimum Gasteiger partial charge on any atom is -0.367 e. The van der Waals surface area contributed by atoms with E-state index in [4.69, 9.17) is 0 Å². The van der Waals surface area contributed by atoms with Crippen molar-refractivity contribution in [2.75, 3.05) is 18.4 Å². The minimum absolute atomic E-state index is 0.0427. The lowest BCUT2D eigenvalue weighted by molar-refractivity contribution is -0.175. The maximum absolute atomic E-state index is 13.8. The zero-order valence-corrected chi connectivity index (χ0v) is 19.0. The molecule has 2 aromatic rings. The molecule has 3 heterocycles. The monoisotopic (exact) mass is 448 g/mol. The van der Waals surface area contributed by atoms with Crippen LogP contribution in [0.5, 0.6) is 0 Å². The average molecular weight is 449 g/mol. The maximum Gasteiger partial charge on any atom is 0.410 e. The number of halogens is 3. The first-order valence-corrected chi connectivity index (χ1v) is 11.2. The standard InChI is InChI=1S/C24H31F3N4O/c1-15-6-5-7-16(10-15)11-22(32)30-9-8-17(14-30)18-12-21-28-19(23(2,3)4)13-20(24(25,26)27)31(21)29-18/h5-7,10,12,17,19-20,28H,8-9,11,13-14H2,1-4H3/t17-,19-,20-/m0/s1. The first-order valence-electron chi connectivity index (χ1n) is 11.2. The largest absolute Gasteiger partial charge is 0.410 e. The van der Waals surface area contributed by atoms with Gasteiger partial charge in [-0.05, 0) is 30.7 Å². The van der Waals surface area contributed by atoms with E-state index >= 15 is 0 Å². The van der Waals surface area contributed by atoms with Crippen molar-refractivity contribution in [3.63, 3.8) is 0 Å². The van der Waals surface area contributed by atoms with Gasteiger partial charge in [0.1, 0.15) is 5.82 Å². The third kappa shape index (κ3) is 4.64. The Labute approximate surface area is 187 Å². The lowest BCUT2D eigenvalue weighted by Gasteiger charge is -2.39. The van der Waals surface area contributed by atoms with Crippen molar-refractivity contribution in [1.82, 2.24) is 14.7 Å². The van der Waals surface area contributed by atoms with Gasteiger partial charge >= 0.3 is 6.18 Å². The van der Waals surface area contributed by atoms with Gasteiger partial charge in [-0.1, -0.05) is 50.6 Å². The molecule has 32 heavy (non-hydrogen) atoms. The van der Waals surface area contributed by atoms with E-state index in [1.54, 1.807) is 11.0 Å². The predicted molar refractivity (Wildman–Crippen MR) is 118 cm³/mol. The van der Waals surface area contributed by atoms with E-state index in [9.17, 15) is 18.0 Å². The van der Waals surface area contributed by atoms with Gasteiger partial charge in [0.05, 0.1) is 12.1 Å². The van der Waals surface area contributed by atoms with E-state index in [-0.39, 0.29) is 29.7 Å². The van der Waals surface area contributed by atoms with Gasteiger partial charge in [0.15, 0.2) is 6.04 Å². The van der Waals surface area contributed by atoms with Gasteiger partial charge in [-0.15, -0.1) is 0 Å². The van der Waals surface area contributed by atoms with Crippen LogP contribution in [0.3, 0.4) is 0 Å². The van der Waals surface area contributed by atoms with Crippen LogP contribution >= 0.6 is 0 Å². The number of aromatic nitrogens is 2. The molecule has 4 rings (SSSR count). The highest BCUT2D eigenvalue weighted by Crippen LogP contribution is 2.44. The number of aryl methyl sites for hydroxylation is 1. The first kappa shape index (κ1) is 22.7. The van der Waals surface area contributed by atoms with E-state index < -0.39 is 12.2 Å². The van der Waals surface area contributed by atoms with Crippen molar-refractivity contribution in [2.24, 2.45) is 5.41 Å². The molecule has 8 heteroatoms. The fourth-order valence-electron chi connectivity index (χ4n) is 4.70. The second kappa shape index (κ2) is 8.12. The van der Waals surface area contributed by atoms with Crippen LogP contribution in [0.2, 0.25) is 0 Å². The van der Waals surface area contributed by atoms with Crippen molar-refractivity contribution >= 4 is 11.7 Å². The summed E-state index contributed by atoms with van der Waals surface area (Å²) in [5.74, 6) is 0.400. The van der Waals surface area contributed by atoms with E-state index in [2.05, 4.69) is 10.4 Å². The van der Waals surface area contributed by atoms with Crippen molar-refractivity contribution in [1.29, 1.82) is 0 Å². The lowest BCUT2D eigenvalue weighted by Crippen LogP contribution is -2.44. The molecule has 174 valence electrons. The predicted octanol–water partition coefficient (Wildman–Crippen LogP) is 5.08. The number of carbonyl (C=O) groups excluding carboxylic acids is 1. The van der Waals surface area contributed by atoms with E-state index in [0.717, 1.165) is 15.8 Å². The van der Waals surface area contributed by atoms with Gasteiger partial charge in [-0.2, -0.15) is 18.3 Å². The topological polar surface area (TPSA) is 50.2 Å². The van der Waals surface area contributed by atoms with E-state index in [1.807, 2.05) is 52.0 Å². The number of carbonyl (C=O) groups is 1. The Balaban J connectivity index is 1.50. The Morgan fingerprint density at radius 2 is 1.97 bits per heavy atom. The molecular formula is C24H31F3N4O. The van der Waals surface area contributed by atoms with Crippen molar-refractivity contribution < 1.29 is 18.0 Å². The van der Waals surface area contributed by atoms with Crippen LogP contribution in [0.25, 0.3) is 0 Å².